The monoisotopic (exact) mass is 256 g/mol. The number of aliphatic hydroxyl groups is 2. The predicted octanol–water partition coefficient (Wildman–Crippen LogP) is -1.24. The van der Waals surface area contributed by atoms with Gasteiger partial charge in [-0.15, -0.1) is 0 Å². The number of carboxylic acid groups (broad SMARTS) is 1. The minimum Gasteiger partial charge on any atom is -0.481 e. The lowest BCUT2D eigenvalue weighted by atomic mass is 10.1. The van der Waals surface area contributed by atoms with Crippen molar-refractivity contribution in [1.29, 1.82) is 0 Å². The van der Waals surface area contributed by atoms with Gasteiger partial charge in [0.05, 0.1) is 37.3 Å². The molecule has 2 aliphatic rings. The van der Waals surface area contributed by atoms with E-state index in [2.05, 4.69) is 5.32 Å². The van der Waals surface area contributed by atoms with E-state index in [0.29, 0.717) is 6.42 Å². The molecule has 1 fully saturated rings. The summed E-state index contributed by atoms with van der Waals surface area (Å²) in [6.45, 7) is 0.178. The van der Waals surface area contributed by atoms with Crippen molar-refractivity contribution < 1.29 is 24.9 Å². The minimum atomic E-state index is -0.915. The summed E-state index contributed by atoms with van der Waals surface area (Å²) in [6, 6.07) is -0.709. The molecule has 1 saturated heterocycles. The molecule has 4 N–H and O–H groups in total. The van der Waals surface area contributed by atoms with E-state index in [9.17, 15) is 19.8 Å². The molecule has 18 heavy (non-hydrogen) atoms. The van der Waals surface area contributed by atoms with Crippen LogP contribution < -0.4 is 5.32 Å². The number of β-amino-alcohol motifs (C(OH)–C–C–N with tert-alkyl or cyclic N) is 2. The van der Waals surface area contributed by atoms with Crippen LogP contribution in [0.5, 0.6) is 0 Å². The fourth-order valence-electron chi connectivity index (χ4n) is 2.17. The van der Waals surface area contributed by atoms with Crippen LogP contribution in [-0.2, 0) is 4.79 Å². The van der Waals surface area contributed by atoms with Crippen LogP contribution in [0, 0.1) is 5.92 Å². The second-order valence-corrected chi connectivity index (χ2v) is 4.66. The topological polar surface area (TPSA) is 110 Å². The van der Waals surface area contributed by atoms with Crippen molar-refractivity contribution in [3.8, 4) is 0 Å². The van der Waals surface area contributed by atoms with Gasteiger partial charge in [0.25, 0.3) is 0 Å². The van der Waals surface area contributed by atoms with E-state index in [1.54, 1.807) is 12.2 Å². The second-order valence-electron chi connectivity index (χ2n) is 4.66. The van der Waals surface area contributed by atoms with Gasteiger partial charge in [-0.2, -0.15) is 0 Å². The average Bonchev–Trinajstić information content (AvgIpc) is 2.87. The summed E-state index contributed by atoms with van der Waals surface area (Å²) < 4.78 is 0. The van der Waals surface area contributed by atoms with E-state index >= 15 is 0 Å². The molecule has 4 unspecified atom stereocenters. The lowest BCUT2D eigenvalue weighted by molar-refractivity contribution is -0.140. The molecule has 0 aromatic rings. The largest absolute Gasteiger partial charge is 0.481 e. The first-order valence-corrected chi connectivity index (χ1v) is 5.80. The number of rotatable bonds is 2. The Morgan fingerprint density at radius 1 is 1.17 bits per heavy atom. The first-order chi connectivity index (χ1) is 8.47. The van der Waals surface area contributed by atoms with Crippen LogP contribution in [0.15, 0.2) is 12.2 Å². The smallest absolute Gasteiger partial charge is 0.318 e. The average molecular weight is 256 g/mol. The van der Waals surface area contributed by atoms with Gasteiger partial charge in [0, 0.05) is 0 Å². The van der Waals surface area contributed by atoms with Gasteiger partial charge in [0.2, 0.25) is 0 Å². The molecule has 0 saturated carbocycles. The molecular weight excluding hydrogens is 240 g/mol. The van der Waals surface area contributed by atoms with Crippen molar-refractivity contribution in [2.24, 2.45) is 5.92 Å². The standard InChI is InChI=1S/C11H16N2O5/c14-8-4-13(5-9(8)15)11(18)12-7-2-1-6(3-7)10(16)17/h1-2,6-9,14-15H,3-5H2,(H,12,18)(H,16,17). The Morgan fingerprint density at radius 2 is 1.78 bits per heavy atom. The van der Waals surface area contributed by atoms with Gasteiger partial charge in [-0.1, -0.05) is 12.2 Å². The Kier molecular flexibility index (Phi) is 3.53. The first-order valence-electron chi connectivity index (χ1n) is 5.80. The van der Waals surface area contributed by atoms with Crippen molar-refractivity contribution >= 4 is 12.0 Å². The van der Waals surface area contributed by atoms with Crippen LogP contribution in [0.25, 0.3) is 0 Å². The van der Waals surface area contributed by atoms with Gasteiger partial charge in [0.1, 0.15) is 0 Å². The van der Waals surface area contributed by atoms with E-state index in [1.807, 2.05) is 0 Å². The summed E-state index contributed by atoms with van der Waals surface area (Å²) in [5.41, 5.74) is 0. The molecule has 2 amide bonds. The summed E-state index contributed by atoms with van der Waals surface area (Å²) in [4.78, 5) is 23.8. The Morgan fingerprint density at radius 3 is 2.28 bits per heavy atom. The zero-order valence-electron chi connectivity index (χ0n) is 9.69. The van der Waals surface area contributed by atoms with Crippen molar-refractivity contribution in [3.05, 3.63) is 12.2 Å². The molecule has 7 nitrogen and oxygen atoms in total. The number of urea groups is 1. The Balaban J connectivity index is 1.83. The molecule has 0 aromatic carbocycles. The van der Waals surface area contributed by atoms with Gasteiger partial charge in [0.15, 0.2) is 0 Å². The Labute approximate surface area is 104 Å². The van der Waals surface area contributed by atoms with Gasteiger partial charge < -0.3 is 25.5 Å². The molecular formula is C11H16N2O5. The highest BCUT2D eigenvalue weighted by atomic mass is 16.4. The van der Waals surface area contributed by atoms with Crippen molar-refractivity contribution in [2.45, 2.75) is 24.7 Å². The maximum Gasteiger partial charge on any atom is 0.318 e. The van der Waals surface area contributed by atoms with Crippen LogP contribution in [0.2, 0.25) is 0 Å². The summed E-state index contributed by atoms with van der Waals surface area (Å²) in [5.74, 6) is -1.47. The van der Waals surface area contributed by atoms with Crippen LogP contribution in [-0.4, -0.2) is 63.6 Å². The molecule has 0 spiro atoms. The zero-order chi connectivity index (χ0) is 13.3. The Bertz CT molecular complexity index is 374. The normalized spacial score (nSPS) is 34.9. The van der Waals surface area contributed by atoms with Gasteiger partial charge in [-0.05, 0) is 6.42 Å². The maximum absolute atomic E-state index is 11.8. The lowest BCUT2D eigenvalue weighted by Crippen LogP contribution is -2.43. The number of hydrogen-bond donors (Lipinski definition) is 4. The number of amides is 2. The fourth-order valence-corrected chi connectivity index (χ4v) is 2.17. The number of nitrogens with zero attached hydrogens (tertiary/aromatic N) is 1. The van der Waals surface area contributed by atoms with Gasteiger partial charge in [-0.3, -0.25) is 4.79 Å². The Hall–Kier alpha value is -1.60. The minimum absolute atomic E-state index is 0.0891. The molecule has 4 atom stereocenters. The van der Waals surface area contributed by atoms with E-state index in [-0.39, 0.29) is 19.1 Å². The number of aliphatic carboxylic acids is 1. The number of carboxylic acids is 1. The van der Waals surface area contributed by atoms with Crippen molar-refractivity contribution in [1.82, 2.24) is 10.2 Å². The molecule has 0 aromatic heterocycles. The predicted molar refractivity (Wildman–Crippen MR) is 60.8 cm³/mol. The third-order valence-corrected chi connectivity index (χ3v) is 3.26. The van der Waals surface area contributed by atoms with Gasteiger partial charge >= 0.3 is 12.0 Å². The summed E-state index contributed by atoms with van der Waals surface area (Å²) in [7, 11) is 0. The highest BCUT2D eigenvalue weighted by Crippen LogP contribution is 2.18. The van der Waals surface area contributed by atoms with Crippen molar-refractivity contribution in [3.63, 3.8) is 0 Å². The number of hydrogen-bond acceptors (Lipinski definition) is 4. The molecule has 2 rings (SSSR count). The molecule has 100 valence electrons. The summed E-state index contributed by atoms with van der Waals surface area (Å²) in [6.07, 6.45) is 1.71. The quantitative estimate of drug-likeness (QED) is 0.462. The zero-order valence-corrected chi connectivity index (χ0v) is 9.69. The van der Waals surface area contributed by atoms with Crippen LogP contribution in [0.4, 0.5) is 4.79 Å². The number of carbonyl (C=O) groups is 2. The third-order valence-electron chi connectivity index (χ3n) is 3.26. The SMILES string of the molecule is O=C(O)C1C=CC(NC(=O)N2CC(O)C(O)C2)C1. The van der Waals surface area contributed by atoms with E-state index in [1.165, 1.54) is 4.90 Å². The highest BCUT2D eigenvalue weighted by Gasteiger charge is 2.34. The molecule has 0 radical (unpaired) electrons. The van der Waals surface area contributed by atoms with Gasteiger partial charge in [-0.25, -0.2) is 4.79 Å². The van der Waals surface area contributed by atoms with E-state index in [4.69, 9.17) is 5.11 Å². The fraction of sp³-hybridized carbons (Fsp3) is 0.636. The third kappa shape index (κ3) is 2.62. The number of aliphatic hydroxyl groups excluding tert-OH is 2. The van der Waals surface area contributed by atoms with Crippen LogP contribution >= 0.6 is 0 Å². The second kappa shape index (κ2) is 4.95. The highest BCUT2D eigenvalue weighted by molar-refractivity contribution is 5.76. The summed E-state index contributed by atoms with van der Waals surface area (Å²) >= 11 is 0. The maximum atomic E-state index is 11.8. The van der Waals surface area contributed by atoms with E-state index in [0.717, 1.165) is 0 Å². The first kappa shape index (κ1) is 12.8. The number of nitrogens with one attached hydrogen (secondary N) is 1. The van der Waals surface area contributed by atoms with E-state index < -0.39 is 30.1 Å². The van der Waals surface area contributed by atoms with Crippen molar-refractivity contribution in [2.75, 3.05) is 13.1 Å². The number of carbonyl (C=O) groups excluding carboxylic acids is 1. The molecule has 1 aliphatic heterocycles. The molecule has 1 aliphatic carbocycles. The lowest BCUT2D eigenvalue weighted by Gasteiger charge is -2.19. The van der Waals surface area contributed by atoms with Crippen LogP contribution in [0.1, 0.15) is 6.42 Å². The molecule has 7 heteroatoms. The summed E-state index contributed by atoms with van der Waals surface area (Å²) in [5, 5.41) is 30.1. The molecule has 0 bridgehead atoms. The van der Waals surface area contributed by atoms with Crippen LogP contribution in [0.3, 0.4) is 0 Å². The number of likely N-dealkylation sites (tertiary alicyclic amines) is 1. The molecule has 1 heterocycles.